The number of piperazine rings is 1. The summed E-state index contributed by atoms with van der Waals surface area (Å²) in [6.07, 6.45) is 9.00. The number of nitrogens with one attached hydrogen (secondary N) is 2. The van der Waals surface area contributed by atoms with Crippen LogP contribution in [0.4, 0.5) is 4.79 Å². The minimum absolute atomic E-state index is 0.188. The lowest BCUT2D eigenvalue weighted by atomic mass is 10.1. The molecule has 1 heterocycles. The molecular weight excluding hydrogens is 456 g/mol. The second-order valence-corrected chi connectivity index (χ2v) is 9.63. The van der Waals surface area contributed by atoms with E-state index in [4.69, 9.17) is 9.47 Å². The molecule has 8 heteroatoms. The van der Waals surface area contributed by atoms with Gasteiger partial charge in [0.05, 0.1) is 0 Å². The van der Waals surface area contributed by atoms with Gasteiger partial charge in [-0.05, 0) is 63.6 Å². The number of amides is 1. The summed E-state index contributed by atoms with van der Waals surface area (Å²) in [6, 6.07) is 7.13. The van der Waals surface area contributed by atoms with Gasteiger partial charge in [0.25, 0.3) is 0 Å². The highest BCUT2D eigenvalue weighted by Gasteiger charge is 2.16. The monoisotopic (exact) mass is 504 g/mol. The summed E-state index contributed by atoms with van der Waals surface area (Å²) < 4.78 is 10.7. The van der Waals surface area contributed by atoms with Crippen LogP contribution in [0.1, 0.15) is 70.3 Å². The number of carbonyl (C=O) groups is 2. The van der Waals surface area contributed by atoms with Crippen LogP contribution in [0.3, 0.4) is 0 Å². The van der Waals surface area contributed by atoms with E-state index in [1.807, 2.05) is 19.2 Å². The normalized spacial score (nSPS) is 14.5. The van der Waals surface area contributed by atoms with Gasteiger partial charge in [-0.3, -0.25) is 4.79 Å². The van der Waals surface area contributed by atoms with E-state index >= 15 is 0 Å². The van der Waals surface area contributed by atoms with Gasteiger partial charge >= 0.3 is 12.1 Å². The average molecular weight is 505 g/mol. The summed E-state index contributed by atoms with van der Waals surface area (Å²) in [7, 11) is 2.00. The van der Waals surface area contributed by atoms with Crippen LogP contribution in [-0.2, 0) is 16.1 Å². The summed E-state index contributed by atoms with van der Waals surface area (Å²) in [5, 5.41) is 6.03. The van der Waals surface area contributed by atoms with E-state index < -0.39 is 6.09 Å². The number of esters is 1. The second kappa shape index (κ2) is 19.0. The van der Waals surface area contributed by atoms with Crippen molar-refractivity contribution < 1.29 is 19.1 Å². The van der Waals surface area contributed by atoms with Crippen LogP contribution in [0.5, 0.6) is 5.75 Å². The van der Waals surface area contributed by atoms with Crippen LogP contribution in [0, 0.1) is 0 Å². The molecule has 1 fully saturated rings. The molecule has 1 aromatic carbocycles. The van der Waals surface area contributed by atoms with Crippen molar-refractivity contribution in [2.45, 2.75) is 71.3 Å². The summed E-state index contributed by atoms with van der Waals surface area (Å²) in [6.45, 7) is 10.6. The second-order valence-electron chi connectivity index (χ2n) is 9.63. The molecule has 0 bridgehead atoms. The fourth-order valence-corrected chi connectivity index (χ4v) is 4.29. The van der Waals surface area contributed by atoms with Gasteiger partial charge in [-0.1, -0.05) is 51.2 Å². The van der Waals surface area contributed by atoms with Crippen molar-refractivity contribution in [1.29, 1.82) is 0 Å². The molecule has 0 aliphatic carbocycles. The zero-order chi connectivity index (χ0) is 25.8. The predicted molar refractivity (Wildman–Crippen MR) is 144 cm³/mol. The topological polar surface area (TPSA) is 83.1 Å². The van der Waals surface area contributed by atoms with Gasteiger partial charge in [0.2, 0.25) is 0 Å². The lowest BCUT2D eigenvalue weighted by Gasteiger charge is -2.34. The van der Waals surface area contributed by atoms with E-state index in [2.05, 4.69) is 27.4 Å². The maximum atomic E-state index is 12.0. The highest BCUT2D eigenvalue weighted by Crippen LogP contribution is 2.15. The fourth-order valence-electron chi connectivity index (χ4n) is 4.29. The summed E-state index contributed by atoms with van der Waals surface area (Å²) in [5.74, 6) is 0.332. The van der Waals surface area contributed by atoms with Crippen LogP contribution >= 0.6 is 0 Å². The molecular formula is C28H48N4O4. The SMILES string of the molecule is CCCCCCCCC(=O)Oc1ccc(COC(=O)NCCCN2CCN(CCCNC)CC2)cc1. The van der Waals surface area contributed by atoms with E-state index in [1.54, 1.807) is 12.1 Å². The predicted octanol–water partition coefficient (Wildman–Crippen LogP) is 4.19. The maximum absolute atomic E-state index is 12.0. The Bertz CT molecular complexity index is 721. The number of hydrogen-bond acceptors (Lipinski definition) is 7. The number of rotatable bonds is 18. The molecule has 0 aromatic heterocycles. The van der Waals surface area contributed by atoms with Crippen molar-refractivity contribution in [1.82, 2.24) is 20.4 Å². The minimum atomic E-state index is -0.404. The van der Waals surface area contributed by atoms with Crippen molar-refractivity contribution in [3.8, 4) is 5.75 Å². The Kier molecular flexibility index (Phi) is 15.9. The van der Waals surface area contributed by atoms with Gasteiger partial charge in [-0.15, -0.1) is 0 Å². The molecule has 1 aliphatic rings. The molecule has 36 heavy (non-hydrogen) atoms. The first kappa shape index (κ1) is 30.1. The first-order valence-corrected chi connectivity index (χ1v) is 13.9. The van der Waals surface area contributed by atoms with Gasteiger partial charge in [0.15, 0.2) is 0 Å². The third kappa shape index (κ3) is 13.8. The lowest BCUT2D eigenvalue weighted by Crippen LogP contribution is -2.47. The Balaban J connectivity index is 1.50. The van der Waals surface area contributed by atoms with Gasteiger partial charge in [-0.2, -0.15) is 0 Å². The van der Waals surface area contributed by atoms with Crippen LogP contribution in [0.15, 0.2) is 24.3 Å². The number of benzene rings is 1. The Morgan fingerprint density at radius 2 is 1.44 bits per heavy atom. The Labute approximate surface area is 218 Å². The molecule has 1 saturated heterocycles. The Morgan fingerprint density at radius 1 is 0.833 bits per heavy atom. The Morgan fingerprint density at radius 3 is 2.08 bits per heavy atom. The lowest BCUT2D eigenvalue weighted by molar-refractivity contribution is -0.134. The van der Waals surface area contributed by atoms with Gasteiger partial charge in [-0.25, -0.2) is 4.79 Å². The third-order valence-corrected chi connectivity index (χ3v) is 6.55. The first-order chi connectivity index (χ1) is 17.6. The van der Waals surface area contributed by atoms with E-state index in [9.17, 15) is 9.59 Å². The van der Waals surface area contributed by atoms with E-state index in [0.29, 0.717) is 18.7 Å². The highest BCUT2D eigenvalue weighted by atomic mass is 16.5. The quantitative estimate of drug-likeness (QED) is 0.176. The molecule has 1 amide bonds. The summed E-state index contributed by atoms with van der Waals surface area (Å²) in [4.78, 5) is 29.0. The zero-order valence-corrected chi connectivity index (χ0v) is 22.6. The van der Waals surface area contributed by atoms with Crippen molar-refractivity contribution in [2.24, 2.45) is 0 Å². The number of nitrogens with zero attached hydrogens (tertiary/aromatic N) is 2. The summed E-state index contributed by atoms with van der Waals surface area (Å²) in [5.41, 5.74) is 0.855. The standard InChI is InChI=1S/C28H48N4O4/c1-3-4-5-6-7-8-11-27(33)36-26-14-12-25(13-15-26)24-35-28(34)30-17-10-19-32-22-20-31(21-23-32)18-9-16-29-2/h12-15,29H,3-11,16-24H2,1-2H3,(H,30,34). The molecule has 0 atom stereocenters. The zero-order valence-electron chi connectivity index (χ0n) is 22.6. The number of hydrogen-bond donors (Lipinski definition) is 2. The number of carbonyl (C=O) groups excluding carboxylic acids is 2. The maximum Gasteiger partial charge on any atom is 0.407 e. The largest absolute Gasteiger partial charge is 0.445 e. The minimum Gasteiger partial charge on any atom is -0.445 e. The molecule has 8 nitrogen and oxygen atoms in total. The van der Waals surface area contributed by atoms with Crippen molar-refractivity contribution >= 4 is 12.1 Å². The highest BCUT2D eigenvalue weighted by molar-refractivity contribution is 5.72. The molecule has 0 unspecified atom stereocenters. The van der Waals surface area contributed by atoms with Crippen molar-refractivity contribution in [3.63, 3.8) is 0 Å². The molecule has 1 aromatic rings. The fraction of sp³-hybridized carbons (Fsp3) is 0.714. The van der Waals surface area contributed by atoms with Gasteiger partial charge < -0.3 is 29.9 Å². The smallest absolute Gasteiger partial charge is 0.407 e. The number of ether oxygens (including phenoxy) is 2. The van der Waals surface area contributed by atoms with E-state index in [0.717, 1.165) is 70.6 Å². The average Bonchev–Trinajstić information content (AvgIpc) is 2.89. The molecule has 2 rings (SSSR count). The third-order valence-electron chi connectivity index (χ3n) is 6.55. The molecule has 2 N–H and O–H groups in total. The first-order valence-electron chi connectivity index (χ1n) is 13.9. The van der Waals surface area contributed by atoms with Crippen LogP contribution in [0.25, 0.3) is 0 Å². The van der Waals surface area contributed by atoms with Crippen molar-refractivity contribution in [2.75, 3.05) is 59.4 Å². The van der Waals surface area contributed by atoms with Gasteiger partial charge in [0.1, 0.15) is 12.4 Å². The van der Waals surface area contributed by atoms with Crippen LogP contribution in [0.2, 0.25) is 0 Å². The molecule has 1 aliphatic heterocycles. The molecule has 0 spiro atoms. The number of unbranched alkanes of at least 4 members (excludes halogenated alkanes) is 5. The molecule has 0 radical (unpaired) electrons. The number of alkyl carbamates (subject to hydrolysis) is 1. The molecule has 0 saturated carbocycles. The molecule has 204 valence electrons. The Hall–Kier alpha value is -2.16. The van der Waals surface area contributed by atoms with Gasteiger partial charge in [0, 0.05) is 39.1 Å². The van der Waals surface area contributed by atoms with E-state index in [-0.39, 0.29) is 12.6 Å². The van der Waals surface area contributed by atoms with E-state index in [1.165, 1.54) is 32.1 Å². The van der Waals surface area contributed by atoms with Crippen molar-refractivity contribution in [3.05, 3.63) is 29.8 Å². The summed E-state index contributed by atoms with van der Waals surface area (Å²) >= 11 is 0. The van der Waals surface area contributed by atoms with Crippen LogP contribution in [-0.4, -0.2) is 81.3 Å². The van der Waals surface area contributed by atoms with Crippen LogP contribution < -0.4 is 15.4 Å².